The lowest BCUT2D eigenvalue weighted by atomic mass is 10.1. The quantitative estimate of drug-likeness (QED) is 0.715. The lowest BCUT2D eigenvalue weighted by molar-refractivity contribution is -0.122. The molecule has 0 aliphatic carbocycles. The highest BCUT2D eigenvalue weighted by Crippen LogP contribution is 2.24. The highest BCUT2D eigenvalue weighted by Gasteiger charge is 2.16. The van der Waals surface area contributed by atoms with Gasteiger partial charge in [-0.1, -0.05) is 25.4 Å². The molecule has 0 aromatic heterocycles. The van der Waals surface area contributed by atoms with E-state index in [1.807, 2.05) is 25.1 Å². The molecule has 0 fully saturated rings. The van der Waals surface area contributed by atoms with E-state index in [9.17, 15) is 4.79 Å². The summed E-state index contributed by atoms with van der Waals surface area (Å²) in [4.78, 5) is 12.0. The molecule has 2 N–H and O–H groups in total. The van der Waals surface area contributed by atoms with Gasteiger partial charge in [0.2, 0.25) is 5.91 Å². The minimum Gasteiger partial charge on any atom is -0.373 e. The van der Waals surface area contributed by atoms with Gasteiger partial charge in [0, 0.05) is 9.61 Å². The van der Waals surface area contributed by atoms with Gasteiger partial charge in [0.05, 0.1) is 10.7 Å². The Hall–Kier alpha value is -0.490. The maximum Gasteiger partial charge on any atom is 0.242 e. The molecule has 0 radical (unpaired) electrons. The van der Waals surface area contributed by atoms with Crippen molar-refractivity contribution in [2.75, 3.05) is 5.32 Å². The molecule has 0 aliphatic rings. The van der Waals surface area contributed by atoms with Gasteiger partial charge in [0.15, 0.2) is 0 Å². The Bertz CT molecular complexity index is 435. The zero-order valence-electron chi connectivity index (χ0n) is 11.5. The second-order valence-corrected chi connectivity index (χ2v) is 6.17. The Balaban J connectivity index is 2.63. The fraction of sp³-hybridized carbons (Fsp3) is 0.500. The summed E-state index contributed by atoms with van der Waals surface area (Å²) >= 11 is 8.34. The Morgan fingerprint density at radius 3 is 2.53 bits per heavy atom. The molecular formula is C14H20ClIN2O. The van der Waals surface area contributed by atoms with Crippen LogP contribution in [0.4, 0.5) is 5.69 Å². The van der Waals surface area contributed by atoms with Crippen molar-refractivity contribution in [1.82, 2.24) is 5.32 Å². The predicted octanol–water partition coefficient (Wildman–Crippen LogP) is 4.05. The third-order valence-electron chi connectivity index (χ3n) is 3.03. The van der Waals surface area contributed by atoms with Crippen LogP contribution in [-0.4, -0.2) is 18.0 Å². The lowest BCUT2D eigenvalue weighted by Crippen LogP contribution is -2.42. The zero-order valence-corrected chi connectivity index (χ0v) is 14.4. The molecule has 106 valence electrons. The largest absolute Gasteiger partial charge is 0.373 e. The van der Waals surface area contributed by atoms with Gasteiger partial charge < -0.3 is 10.6 Å². The second kappa shape index (κ2) is 7.94. The summed E-state index contributed by atoms with van der Waals surface area (Å²) in [7, 11) is 0. The molecule has 0 spiro atoms. The van der Waals surface area contributed by atoms with Gasteiger partial charge in [0.1, 0.15) is 6.04 Å². The molecule has 19 heavy (non-hydrogen) atoms. The number of halogens is 2. The van der Waals surface area contributed by atoms with Crippen molar-refractivity contribution in [2.24, 2.45) is 0 Å². The Morgan fingerprint density at radius 2 is 2.00 bits per heavy atom. The molecule has 1 aromatic rings. The molecule has 0 saturated carbocycles. The van der Waals surface area contributed by atoms with Crippen LogP contribution in [0.2, 0.25) is 5.02 Å². The predicted molar refractivity (Wildman–Crippen MR) is 89.8 cm³/mol. The average molecular weight is 395 g/mol. The van der Waals surface area contributed by atoms with Crippen LogP contribution in [0.5, 0.6) is 0 Å². The summed E-state index contributed by atoms with van der Waals surface area (Å²) in [5.41, 5.74) is 0.786. The molecule has 1 atom stereocenters. The van der Waals surface area contributed by atoms with Crippen molar-refractivity contribution in [3.05, 3.63) is 26.8 Å². The number of anilines is 1. The average Bonchev–Trinajstić information content (AvgIpc) is 2.38. The van der Waals surface area contributed by atoms with Crippen LogP contribution in [0, 0.1) is 3.57 Å². The number of carbonyl (C=O) groups excluding carboxylic acids is 1. The van der Waals surface area contributed by atoms with Crippen LogP contribution in [0.3, 0.4) is 0 Å². The summed E-state index contributed by atoms with van der Waals surface area (Å²) in [6.45, 7) is 5.98. The SMILES string of the molecule is CCC(CC)NC(=O)C(C)Nc1ccc(I)cc1Cl. The Kier molecular flexibility index (Phi) is 6.93. The maximum absolute atomic E-state index is 12.0. The monoisotopic (exact) mass is 394 g/mol. The first-order valence-corrected chi connectivity index (χ1v) is 7.95. The van der Waals surface area contributed by atoms with E-state index < -0.39 is 0 Å². The van der Waals surface area contributed by atoms with Gasteiger partial charge >= 0.3 is 0 Å². The first kappa shape index (κ1) is 16.6. The van der Waals surface area contributed by atoms with Gasteiger partial charge in [-0.3, -0.25) is 4.79 Å². The molecule has 1 unspecified atom stereocenters. The van der Waals surface area contributed by atoms with Gasteiger partial charge in [-0.25, -0.2) is 0 Å². The molecule has 5 heteroatoms. The molecule has 0 saturated heterocycles. The highest BCUT2D eigenvalue weighted by molar-refractivity contribution is 14.1. The van der Waals surface area contributed by atoms with Gasteiger partial charge in [-0.05, 0) is 60.6 Å². The van der Waals surface area contributed by atoms with E-state index in [4.69, 9.17) is 11.6 Å². The molecular weight excluding hydrogens is 375 g/mol. The van der Waals surface area contributed by atoms with E-state index in [1.165, 1.54) is 0 Å². The van der Waals surface area contributed by atoms with Crippen molar-refractivity contribution >= 4 is 45.8 Å². The van der Waals surface area contributed by atoms with Crippen LogP contribution in [-0.2, 0) is 4.79 Å². The topological polar surface area (TPSA) is 41.1 Å². The van der Waals surface area contributed by atoms with Crippen LogP contribution >= 0.6 is 34.2 Å². The van der Waals surface area contributed by atoms with Gasteiger partial charge in [0.25, 0.3) is 0 Å². The zero-order chi connectivity index (χ0) is 14.4. The minimum atomic E-state index is -0.307. The first-order chi connectivity index (χ1) is 8.97. The number of nitrogens with one attached hydrogen (secondary N) is 2. The van der Waals surface area contributed by atoms with Gasteiger partial charge in [-0.2, -0.15) is 0 Å². The Morgan fingerprint density at radius 1 is 1.37 bits per heavy atom. The van der Waals surface area contributed by atoms with Crippen LogP contribution in [0.1, 0.15) is 33.6 Å². The van der Waals surface area contributed by atoms with Crippen LogP contribution < -0.4 is 10.6 Å². The van der Waals surface area contributed by atoms with Crippen LogP contribution in [0.25, 0.3) is 0 Å². The summed E-state index contributed by atoms with van der Waals surface area (Å²) in [5, 5.41) is 6.80. The molecule has 0 bridgehead atoms. The number of rotatable bonds is 6. The third kappa shape index (κ3) is 5.18. The minimum absolute atomic E-state index is 0.00307. The normalized spacial score (nSPS) is 12.3. The van der Waals surface area contributed by atoms with Crippen molar-refractivity contribution in [1.29, 1.82) is 0 Å². The van der Waals surface area contributed by atoms with Crippen LogP contribution in [0.15, 0.2) is 18.2 Å². The summed E-state index contributed by atoms with van der Waals surface area (Å²) < 4.78 is 1.07. The smallest absolute Gasteiger partial charge is 0.242 e. The van der Waals surface area contributed by atoms with E-state index in [1.54, 1.807) is 0 Å². The summed E-state index contributed by atoms with van der Waals surface area (Å²) in [6, 6.07) is 5.66. The van der Waals surface area contributed by atoms with E-state index in [-0.39, 0.29) is 18.0 Å². The standard InChI is InChI=1S/C14H20ClIN2O/c1-4-11(5-2)18-14(19)9(3)17-13-7-6-10(16)8-12(13)15/h6-9,11,17H,4-5H2,1-3H3,(H,18,19). The van der Waals surface area contributed by atoms with E-state index in [0.717, 1.165) is 22.1 Å². The number of benzene rings is 1. The Labute approximate surface area is 133 Å². The molecule has 1 rings (SSSR count). The second-order valence-electron chi connectivity index (χ2n) is 4.51. The number of hydrogen-bond acceptors (Lipinski definition) is 2. The van der Waals surface area contributed by atoms with Crippen molar-refractivity contribution in [2.45, 2.75) is 45.7 Å². The molecule has 0 heterocycles. The van der Waals surface area contributed by atoms with Crippen molar-refractivity contribution in [3.63, 3.8) is 0 Å². The maximum atomic E-state index is 12.0. The molecule has 1 amide bonds. The lowest BCUT2D eigenvalue weighted by Gasteiger charge is -2.20. The van der Waals surface area contributed by atoms with E-state index in [2.05, 4.69) is 47.1 Å². The van der Waals surface area contributed by atoms with E-state index >= 15 is 0 Å². The summed E-state index contributed by atoms with van der Waals surface area (Å²) in [5.74, 6) is 0.00307. The number of hydrogen-bond donors (Lipinski definition) is 2. The molecule has 3 nitrogen and oxygen atoms in total. The fourth-order valence-electron chi connectivity index (χ4n) is 1.72. The van der Waals surface area contributed by atoms with E-state index in [0.29, 0.717) is 5.02 Å². The first-order valence-electron chi connectivity index (χ1n) is 6.49. The molecule has 1 aromatic carbocycles. The van der Waals surface area contributed by atoms with Gasteiger partial charge in [-0.15, -0.1) is 0 Å². The summed E-state index contributed by atoms with van der Waals surface area (Å²) in [6.07, 6.45) is 1.89. The number of amides is 1. The number of carbonyl (C=O) groups is 1. The molecule has 0 aliphatic heterocycles. The highest BCUT2D eigenvalue weighted by atomic mass is 127. The third-order valence-corrected chi connectivity index (χ3v) is 4.01. The van der Waals surface area contributed by atoms with Crippen molar-refractivity contribution in [3.8, 4) is 0 Å². The fourth-order valence-corrected chi connectivity index (χ4v) is 2.63. The van der Waals surface area contributed by atoms with Crippen molar-refractivity contribution < 1.29 is 4.79 Å².